The van der Waals surface area contributed by atoms with Crippen LogP contribution in [-0.4, -0.2) is 41.1 Å². The van der Waals surface area contributed by atoms with E-state index in [9.17, 15) is 0 Å². The molecule has 2 rings (SSSR count). The van der Waals surface area contributed by atoms with Gasteiger partial charge in [-0.3, -0.25) is 0 Å². The predicted molar refractivity (Wildman–Crippen MR) is 64.5 cm³/mol. The number of aromatic nitrogens is 2. The number of rotatable bonds is 2. The van der Waals surface area contributed by atoms with Crippen molar-refractivity contribution in [3.8, 4) is 6.01 Å². The fourth-order valence-electron chi connectivity index (χ4n) is 1.60. The second kappa shape index (κ2) is 7.17. The van der Waals surface area contributed by atoms with Gasteiger partial charge >= 0.3 is 6.01 Å². The van der Waals surface area contributed by atoms with Crippen molar-refractivity contribution in [2.75, 3.05) is 20.1 Å². The van der Waals surface area contributed by atoms with E-state index in [1.54, 1.807) is 18.5 Å². The molecule has 1 aliphatic heterocycles. The Morgan fingerprint density at radius 1 is 1.19 bits per heavy atom. The van der Waals surface area contributed by atoms with Crippen molar-refractivity contribution in [3.63, 3.8) is 0 Å². The summed E-state index contributed by atoms with van der Waals surface area (Å²) < 4.78 is 5.65. The Hall–Kier alpha value is -1.16. The molecule has 4 heteroatoms. The van der Waals surface area contributed by atoms with Crippen LogP contribution in [0, 0.1) is 0 Å². The maximum absolute atomic E-state index is 5.65. The second-order valence-corrected chi connectivity index (χ2v) is 3.65. The molecule has 0 N–H and O–H groups in total. The van der Waals surface area contributed by atoms with Gasteiger partial charge < -0.3 is 9.64 Å². The van der Waals surface area contributed by atoms with Gasteiger partial charge in [0.15, 0.2) is 0 Å². The lowest BCUT2D eigenvalue weighted by Gasteiger charge is -2.28. The Morgan fingerprint density at radius 2 is 1.75 bits per heavy atom. The minimum absolute atomic E-state index is 0.286. The fraction of sp³-hybridized carbons (Fsp3) is 0.667. The van der Waals surface area contributed by atoms with Gasteiger partial charge in [-0.1, -0.05) is 13.8 Å². The monoisotopic (exact) mass is 223 g/mol. The Morgan fingerprint density at radius 3 is 2.31 bits per heavy atom. The highest BCUT2D eigenvalue weighted by atomic mass is 16.5. The molecule has 16 heavy (non-hydrogen) atoms. The molecule has 0 atom stereocenters. The summed E-state index contributed by atoms with van der Waals surface area (Å²) in [5.74, 6) is 0. The molecule has 1 saturated heterocycles. The van der Waals surface area contributed by atoms with Crippen LogP contribution in [0.25, 0.3) is 0 Å². The molecule has 1 aliphatic rings. The SMILES string of the molecule is CC.CN1CCC(Oc2ncccn2)CC1. The third-order valence-electron chi connectivity index (χ3n) is 2.48. The van der Waals surface area contributed by atoms with Gasteiger partial charge in [-0.25, -0.2) is 9.97 Å². The van der Waals surface area contributed by atoms with E-state index in [0.29, 0.717) is 6.01 Å². The van der Waals surface area contributed by atoms with Gasteiger partial charge in [0.25, 0.3) is 0 Å². The smallest absolute Gasteiger partial charge is 0.316 e. The van der Waals surface area contributed by atoms with Crippen LogP contribution in [0.4, 0.5) is 0 Å². The first kappa shape index (κ1) is 12.9. The first-order valence-corrected chi connectivity index (χ1v) is 5.97. The molecule has 1 fully saturated rings. The lowest BCUT2D eigenvalue weighted by molar-refractivity contribution is 0.105. The highest BCUT2D eigenvalue weighted by molar-refractivity contribution is 4.94. The molecule has 0 aromatic carbocycles. The fourth-order valence-corrected chi connectivity index (χ4v) is 1.60. The van der Waals surface area contributed by atoms with Crippen LogP contribution in [-0.2, 0) is 0 Å². The zero-order valence-electron chi connectivity index (χ0n) is 10.4. The molecule has 0 unspecified atom stereocenters. The van der Waals surface area contributed by atoms with Crippen LogP contribution in [0.2, 0.25) is 0 Å². The van der Waals surface area contributed by atoms with Crippen LogP contribution < -0.4 is 4.74 Å². The summed E-state index contributed by atoms with van der Waals surface area (Å²) in [5.41, 5.74) is 0. The highest BCUT2D eigenvalue weighted by Crippen LogP contribution is 2.13. The standard InChI is InChI=1S/C10H15N3O.C2H6/c1-13-7-3-9(4-8-13)14-10-11-5-2-6-12-10;1-2/h2,5-6,9H,3-4,7-8H2,1H3;1-2H3. The molecule has 90 valence electrons. The Balaban J connectivity index is 0.000000606. The largest absolute Gasteiger partial charge is 0.460 e. The van der Waals surface area contributed by atoms with Gasteiger partial charge in [0.2, 0.25) is 0 Å². The molecule has 0 bridgehead atoms. The molecule has 1 aromatic rings. The number of nitrogens with zero attached hydrogens (tertiary/aromatic N) is 3. The normalized spacial score (nSPS) is 17.4. The second-order valence-electron chi connectivity index (χ2n) is 3.65. The van der Waals surface area contributed by atoms with Crippen molar-refractivity contribution in [2.45, 2.75) is 32.8 Å². The molecular weight excluding hydrogens is 202 g/mol. The molecule has 2 heterocycles. The summed E-state index contributed by atoms with van der Waals surface area (Å²) in [7, 11) is 2.13. The van der Waals surface area contributed by atoms with Crippen molar-refractivity contribution >= 4 is 0 Å². The highest BCUT2D eigenvalue weighted by Gasteiger charge is 2.18. The van der Waals surface area contributed by atoms with Crippen molar-refractivity contribution in [2.24, 2.45) is 0 Å². The van der Waals surface area contributed by atoms with E-state index in [1.807, 2.05) is 13.8 Å². The molecular formula is C12H21N3O. The summed E-state index contributed by atoms with van der Waals surface area (Å²) in [6, 6.07) is 2.30. The summed E-state index contributed by atoms with van der Waals surface area (Å²) in [6.07, 6.45) is 5.83. The molecule has 1 aromatic heterocycles. The van der Waals surface area contributed by atoms with Crippen LogP contribution in [0.15, 0.2) is 18.5 Å². The number of hydrogen-bond donors (Lipinski definition) is 0. The van der Waals surface area contributed by atoms with Crippen molar-refractivity contribution in [1.82, 2.24) is 14.9 Å². The number of ether oxygens (including phenoxy) is 1. The van der Waals surface area contributed by atoms with Gasteiger partial charge in [-0.05, 0) is 26.0 Å². The lowest BCUT2D eigenvalue weighted by Crippen LogP contribution is -2.35. The topological polar surface area (TPSA) is 38.2 Å². The van der Waals surface area contributed by atoms with E-state index in [0.717, 1.165) is 25.9 Å². The number of hydrogen-bond acceptors (Lipinski definition) is 4. The van der Waals surface area contributed by atoms with Gasteiger partial charge in [-0.2, -0.15) is 0 Å². The van der Waals surface area contributed by atoms with Crippen LogP contribution >= 0.6 is 0 Å². The summed E-state index contributed by atoms with van der Waals surface area (Å²) in [4.78, 5) is 10.4. The maximum atomic E-state index is 5.65. The average molecular weight is 223 g/mol. The summed E-state index contributed by atoms with van der Waals surface area (Å²) in [5, 5.41) is 0. The number of likely N-dealkylation sites (tertiary alicyclic amines) is 1. The molecule has 0 radical (unpaired) electrons. The minimum Gasteiger partial charge on any atom is -0.460 e. The first-order valence-electron chi connectivity index (χ1n) is 5.97. The van der Waals surface area contributed by atoms with Gasteiger partial charge in [0, 0.05) is 25.5 Å². The lowest BCUT2D eigenvalue weighted by atomic mass is 10.1. The van der Waals surface area contributed by atoms with Crippen molar-refractivity contribution in [1.29, 1.82) is 0 Å². The Labute approximate surface area is 97.7 Å². The van der Waals surface area contributed by atoms with Crippen molar-refractivity contribution in [3.05, 3.63) is 18.5 Å². The maximum Gasteiger partial charge on any atom is 0.316 e. The predicted octanol–water partition coefficient (Wildman–Crippen LogP) is 1.98. The van der Waals surface area contributed by atoms with Crippen LogP contribution in [0.5, 0.6) is 6.01 Å². The quantitative estimate of drug-likeness (QED) is 0.768. The Bertz CT molecular complexity index is 271. The third-order valence-corrected chi connectivity index (χ3v) is 2.48. The Kier molecular flexibility index (Phi) is 5.78. The zero-order chi connectivity index (χ0) is 11.8. The summed E-state index contributed by atoms with van der Waals surface area (Å²) in [6.45, 7) is 6.19. The molecule has 0 amide bonds. The van der Waals surface area contributed by atoms with E-state index in [2.05, 4.69) is 21.9 Å². The summed E-state index contributed by atoms with van der Waals surface area (Å²) >= 11 is 0. The molecule has 0 spiro atoms. The van der Waals surface area contributed by atoms with Gasteiger partial charge in [-0.15, -0.1) is 0 Å². The zero-order valence-corrected chi connectivity index (χ0v) is 10.4. The average Bonchev–Trinajstić information content (AvgIpc) is 2.36. The first-order chi connectivity index (χ1) is 7.84. The minimum atomic E-state index is 0.286. The molecule has 4 nitrogen and oxygen atoms in total. The van der Waals surface area contributed by atoms with E-state index >= 15 is 0 Å². The van der Waals surface area contributed by atoms with E-state index < -0.39 is 0 Å². The van der Waals surface area contributed by atoms with E-state index in [-0.39, 0.29) is 6.10 Å². The van der Waals surface area contributed by atoms with E-state index in [4.69, 9.17) is 4.74 Å². The van der Waals surface area contributed by atoms with Crippen LogP contribution in [0.1, 0.15) is 26.7 Å². The molecule has 0 saturated carbocycles. The van der Waals surface area contributed by atoms with Gasteiger partial charge in [0.1, 0.15) is 6.10 Å². The molecule has 0 aliphatic carbocycles. The third kappa shape index (κ3) is 4.14. The van der Waals surface area contributed by atoms with E-state index in [1.165, 1.54) is 0 Å². The van der Waals surface area contributed by atoms with Crippen molar-refractivity contribution < 1.29 is 4.74 Å². The van der Waals surface area contributed by atoms with Gasteiger partial charge in [0.05, 0.1) is 0 Å². The van der Waals surface area contributed by atoms with Crippen LogP contribution in [0.3, 0.4) is 0 Å². The number of piperidine rings is 1.